The number of aliphatic carboxylic acids is 1. The van der Waals surface area contributed by atoms with Crippen LogP contribution in [0.2, 0.25) is 0 Å². The van der Waals surface area contributed by atoms with Crippen LogP contribution in [-0.2, 0) is 11.2 Å². The highest BCUT2D eigenvalue weighted by atomic mass is 32.2. The number of hydrogen-bond donors (Lipinski definition) is 2. The van der Waals surface area contributed by atoms with E-state index in [1.165, 1.54) is 11.8 Å². The number of oxime groups is 1. The molecule has 0 fully saturated rings. The van der Waals surface area contributed by atoms with E-state index in [0.29, 0.717) is 5.75 Å². The van der Waals surface area contributed by atoms with Crippen LogP contribution in [0.15, 0.2) is 28.3 Å². The maximum atomic E-state index is 10.7. The largest absolute Gasteiger partial charge is 0.496 e. The Hall–Kier alpha value is -1.69. The summed E-state index contributed by atoms with van der Waals surface area (Å²) in [5.74, 6) is -0.557. The van der Waals surface area contributed by atoms with Crippen LogP contribution < -0.4 is 4.74 Å². The van der Waals surface area contributed by atoms with Crippen molar-refractivity contribution in [3.63, 3.8) is 0 Å². The number of carboxylic acid groups (broad SMARTS) is 1. The molecule has 0 saturated heterocycles. The van der Waals surface area contributed by atoms with E-state index in [9.17, 15) is 4.79 Å². The molecule has 1 aromatic rings. The van der Waals surface area contributed by atoms with Crippen LogP contribution in [0.4, 0.5) is 0 Å². The topological polar surface area (TPSA) is 79.1 Å². The average molecular weight is 255 g/mol. The number of nitrogens with zero attached hydrogens (tertiary/aromatic N) is 1. The van der Waals surface area contributed by atoms with Crippen molar-refractivity contribution >= 4 is 23.4 Å². The molecule has 0 aliphatic rings. The lowest BCUT2D eigenvalue weighted by Crippen LogP contribution is -2.15. The SMILES string of the molecule is COc1cc(C/C(=N\O)C(=O)O)ccc1SC. The second kappa shape index (κ2) is 6.15. The predicted octanol–water partition coefficient (Wildman–Crippen LogP) is 1.87. The van der Waals surface area contributed by atoms with Crippen molar-refractivity contribution in [3.05, 3.63) is 23.8 Å². The summed E-state index contributed by atoms with van der Waals surface area (Å²) in [6.45, 7) is 0. The van der Waals surface area contributed by atoms with Crippen molar-refractivity contribution in [2.75, 3.05) is 13.4 Å². The van der Waals surface area contributed by atoms with Gasteiger partial charge in [-0.3, -0.25) is 0 Å². The summed E-state index contributed by atoms with van der Waals surface area (Å²) in [5, 5.41) is 20.0. The van der Waals surface area contributed by atoms with Gasteiger partial charge in [0.15, 0.2) is 5.71 Å². The van der Waals surface area contributed by atoms with Gasteiger partial charge in [-0.2, -0.15) is 0 Å². The lowest BCUT2D eigenvalue weighted by atomic mass is 10.1. The van der Waals surface area contributed by atoms with Gasteiger partial charge in [0, 0.05) is 11.3 Å². The van der Waals surface area contributed by atoms with E-state index in [4.69, 9.17) is 15.1 Å². The molecule has 1 rings (SSSR count). The molecule has 0 aliphatic heterocycles. The van der Waals surface area contributed by atoms with Crippen molar-refractivity contribution in [1.82, 2.24) is 0 Å². The van der Waals surface area contributed by atoms with E-state index in [0.717, 1.165) is 10.5 Å². The summed E-state index contributed by atoms with van der Waals surface area (Å²) in [6, 6.07) is 5.36. The zero-order chi connectivity index (χ0) is 12.8. The fourth-order valence-corrected chi connectivity index (χ4v) is 1.89. The summed E-state index contributed by atoms with van der Waals surface area (Å²) in [6.07, 6.45) is 1.98. The Bertz CT molecular complexity index is 445. The smallest absolute Gasteiger partial charge is 0.354 e. The number of hydrogen-bond acceptors (Lipinski definition) is 5. The number of rotatable bonds is 5. The minimum absolute atomic E-state index is 0.0524. The Kier molecular flexibility index (Phi) is 4.84. The van der Waals surface area contributed by atoms with Crippen molar-refractivity contribution in [2.45, 2.75) is 11.3 Å². The molecule has 0 amide bonds. The summed E-state index contributed by atoms with van der Waals surface area (Å²) >= 11 is 1.54. The van der Waals surface area contributed by atoms with Gasteiger partial charge < -0.3 is 15.1 Å². The fourth-order valence-electron chi connectivity index (χ4n) is 1.34. The van der Waals surface area contributed by atoms with E-state index in [-0.39, 0.29) is 12.1 Å². The predicted molar refractivity (Wildman–Crippen MR) is 65.3 cm³/mol. The first-order chi connectivity index (χ1) is 8.12. The molecule has 1 aromatic carbocycles. The van der Waals surface area contributed by atoms with Crippen LogP contribution in [0.5, 0.6) is 5.75 Å². The van der Waals surface area contributed by atoms with Gasteiger partial charge in [-0.05, 0) is 24.0 Å². The number of carbonyl (C=O) groups is 1. The first-order valence-electron chi connectivity index (χ1n) is 4.77. The Balaban J connectivity index is 2.97. The highest BCUT2D eigenvalue weighted by Gasteiger charge is 2.12. The molecule has 0 atom stereocenters. The zero-order valence-corrected chi connectivity index (χ0v) is 10.3. The summed E-state index contributed by atoms with van der Waals surface area (Å²) in [4.78, 5) is 11.7. The van der Waals surface area contributed by atoms with Gasteiger partial charge in [0.25, 0.3) is 0 Å². The molecule has 92 valence electrons. The average Bonchev–Trinajstić information content (AvgIpc) is 2.35. The first kappa shape index (κ1) is 13.4. The van der Waals surface area contributed by atoms with E-state index in [2.05, 4.69) is 5.16 Å². The first-order valence-corrected chi connectivity index (χ1v) is 6.00. The molecule has 0 spiro atoms. The van der Waals surface area contributed by atoms with Crippen LogP contribution in [0.1, 0.15) is 5.56 Å². The summed E-state index contributed by atoms with van der Waals surface area (Å²) in [7, 11) is 1.55. The number of carboxylic acids is 1. The maximum absolute atomic E-state index is 10.7. The number of methoxy groups -OCH3 is 1. The van der Waals surface area contributed by atoms with Crippen LogP contribution >= 0.6 is 11.8 Å². The summed E-state index contributed by atoms with van der Waals surface area (Å²) in [5.41, 5.74) is 0.416. The van der Waals surface area contributed by atoms with Crippen LogP contribution in [-0.4, -0.2) is 35.4 Å². The van der Waals surface area contributed by atoms with Crippen molar-refractivity contribution in [3.8, 4) is 5.75 Å². The minimum Gasteiger partial charge on any atom is -0.496 e. The molecule has 0 aromatic heterocycles. The monoisotopic (exact) mass is 255 g/mol. The van der Waals surface area contributed by atoms with Crippen molar-refractivity contribution in [1.29, 1.82) is 0 Å². The molecule has 0 aliphatic carbocycles. The van der Waals surface area contributed by atoms with Gasteiger partial charge in [0.05, 0.1) is 7.11 Å². The molecule has 6 heteroatoms. The van der Waals surface area contributed by atoms with Gasteiger partial charge in [0.2, 0.25) is 0 Å². The zero-order valence-electron chi connectivity index (χ0n) is 9.51. The molecular formula is C11H13NO4S. The molecule has 5 nitrogen and oxygen atoms in total. The van der Waals surface area contributed by atoms with Gasteiger partial charge in [-0.15, -0.1) is 11.8 Å². The molecular weight excluding hydrogens is 242 g/mol. The fraction of sp³-hybridized carbons (Fsp3) is 0.273. The molecule has 0 saturated carbocycles. The number of benzene rings is 1. The molecule has 0 radical (unpaired) electrons. The minimum atomic E-state index is -1.24. The molecule has 0 heterocycles. The molecule has 2 N–H and O–H groups in total. The highest BCUT2D eigenvalue weighted by molar-refractivity contribution is 7.98. The van der Waals surface area contributed by atoms with E-state index >= 15 is 0 Å². The highest BCUT2D eigenvalue weighted by Crippen LogP contribution is 2.28. The van der Waals surface area contributed by atoms with Gasteiger partial charge in [0.1, 0.15) is 5.75 Å². The molecule has 0 unspecified atom stereocenters. The third kappa shape index (κ3) is 3.39. The standard InChI is InChI=1S/C11H13NO4S/c1-16-9-6-7(3-4-10(9)17-2)5-8(12-15)11(13)14/h3-4,6,15H,5H2,1-2H3,(H,13,14)/b12-8+. The van der Waals surface area contributed by atoms with Crippen molar-refractivity contribution < 1.29 is 19.8 Å². The molecule has 17 heavy (non-hydrogen) atoms. The maximum Gasteiger partial charge on any atom is 0.354 e. The third-order valence-electron chi connectivity index (χ3n) is 2.19. The Morgan fingerprint density at radius 1 is 1.53 bits per heavy atom. The third-order valence-corrected chi connectivity index (χ3v) is 2.96. The van der Waals surface area contributed by atoms with E-state index in [1.54, 1.807) is 19.2 Å². The van der Waals surface area contributed by atoms with E-state index < -0.39 is 5.97 Å². The normalized spacial score (nSPS) is 11.3. The Labute approximate surface area is 103 Å². The quantitative estimate of drug-likeness (QED) is 0.363. The van der Waals surface area contributed by atoms with Crippen LogP contribution in [0.25, 0.3) is 0 Å². The lowest BCUT2D eigenvalue weighted by molar-refractivity contribution is -0.129. The second-order valence-electron chi connectivity index (χ2n) is 3.22. The molecule has 0 bridgehead atoms. The van der Waals surface area contributed by atoms with Crippen molar-refractivity contribution in [2.24, 2.45) is 5.16 Å². The lowest BCUT2D eigenvalue weighted by Gasteiger charge is -2.08. The summed E-state index contributed by atoms with van der Waals surface area (Å²) < 4.78 is 5.18. The Morgan fingerprint density at radius 2 is 2.24 bits per heavy atom. The van der Waals surface area contributed by atoms with Gasteiger partial charge >= 0.3 is 5.97 Å². The number of ether oxygens (including phenoxy) is 1. The number of thioether (sulfide) groups is 1. The van der Waals surface area contributed by atoms with Gasteiger partial charge in [-0.1, -0.05) is 11.2 Å². The van der Waals surface area contributed by atoms with Gasteiger partial charge in [-0.25, -0.2) is 4.79 Å². The van der Waals surface area contributed by atoms with Crippen LogP contribution in [0, 0.1) is 0 Å². The van der Waals surface area contributed by atoms with Crippen LogP contribution in [0.3, 0.4) is 0 Å². The van der Waals surface area contributed by atoms with E-state index in [1.807, 2.05) is 12.3 Å². The Morgan fingerprint density at radius 3 is 2.71 bits per heavy atom. The second-order valence-corrected chi connectivity index (χ2v) is 4.07.